The van der Waals surface area contributed by atoms with E-state index in [0.29, 0.717) is 9.74 Å². The first kappa shape index (κ1) is 13.7. The summed E-state index contributed by atoms with van der Waals surface area (Å²) >= 11 is 7.07. The minimum absolute atomic E-state index is 0.414. The van der Waals surface area contributed by atoms with Crippen molar-refractivity contribution in [1.29, 1.82) is 0 Å². The molecule has 3 N–H and O–H groups in total. The summed E-state index contributed by atoms with van der Waals surface area (Å²) in [7, 11) is 0. The largest absolute Gasteiger partial charge is 0.389 e. The van der Waals surface area contributed by atoms with E-state index in [2.05, 4.69) is 24.6 Å². The third-order valence-electron chi connectivity index (χ3n) is 3.74. The summed E-state index contributed by atoms with van der Waals surface area (Å²) in [5, 5.41) is 3.54. The molecule has 0 aromatic heterocycles. The lowest BCUT2D eigenvalue weighted by atomic mass is 9.84. The monoisotopic (exact) mass is 280 g/mol. The zero-order valence-corrected chi connectivity index (χ0v) is 12.6. The molecule has 1 aromatic carbocycles. The minimum atomic E-state index is 0.414. The van der Waals surface area contributed by atoms with E-state index in [4.69, 9.17) is 18.0 Å². The van der Waals surface area contributed by atoms with Crippen LogP contribution in [-0.2, 0) is 0 Å². The molecule has 1 fully saturated rings. The van der Waals surface area contributed by atoms with Crippen LogP contribution < -0.4 is 11.1 Å². The van der Waals surface area contributed by atoms with Crippen LogP contribution in [0.5, 0.6) is 0 Å². The Kier molecular flexibility index (Phi) is 4.17. The fourth-order valence-electron chi connectivity index (χ4n) is 2.30. The lowest BCUT2D eigenvalue weighted by Gasteiger charge is -2.40. The number of rotatable bonds is 5. The number of nitrogens with one attached hydrogen (secondary N) is 1. The van der Waals surface area contributed by atoms with Crippen molar-refractivity contribution < 1.29 is 0 Å². The molecule has 0 radical (unpaired) electrons. The van der Waals surface area contributed by atoms with E-state index in [0.717, 1.165) is 17.8 Å². The summed E-state index contributed by atoms with van der Waals surface area (Å²) in [6, 6.07) is 6.18. The average molecular weight is 280 g/mol. The van der Waals surface area contributed by atoms with Crippen LogP contribution in [0.2, 0.25) is 0 Å². The minimum Gasteiger partial charge on any atom is -0.389 e. The Labute approximate surface area is 119 Å². The number of hydrogen-bond acceptors (Lipinski definition) is 3. The van der Waals surface area contributed by atoms with Gasteiger partial charge in [0, 0.05) is 22.5 Å². The number of anilines is 1. The summed E-state index contributed by atoms with van der Waals surface area (Å²) in [4.78, 5) is 0.462. The van der Waals surface area contributed by atoms with Gasteiger partial charge in [0.05, 0.1) is 0 Å². The highest BCUT2D eigenvalue weighted by molar-refractivity contribution is 8.00. The zero-order chi connectivity index (χ0) is 13.2. The van der Waals surface area contributed by atoms with Gasteiger partial charge >= 0.3 is 0 Å². The van der Waals surface area contributed by atoms with Gasteiger partial charge in [0.25, 0.3) is 0 Å². The van der Waals surface area contributed by atoms with Gasteiger partial charge in [-0.15, -0.1) is 0 Å². The maximum atomic E-state index is 5.77. The average Bonchev–Trinajstić information content (AvgIpc) is 2.28. The van der Waals surface area contributed by atoms with Gasteiger partial charge in [-0.3, -0.25) is 0 Å². The smallest absolute Gasteiger partial charge is 0.106 e. The topological polar surface area (TPSA) is 38.0 Å². The summed E-state index contributed by atoms with van der Waals surface area (Å²) in [5.74, 6) is 0. The van der Waals surface area contributed by atoms with E-state index < -0.39 is 0 Å². The van der Waals surface area contributed by atoms with Crippen LogP contribution in [0, 0.1) is 6.92 Å². The number of nitrogens with two attached hydrogens (primary N) is 1. The maximum Gasteiger partial charge on any atom is 0.106 e. The van der Waals surface area contributed by atoms with E-state index in [-0.39, 0.29) is 0 Å². The molecule has 0 atom stereocenters. The van der Waals surface area contributed by atoms with Crippen molar-refractivity contribution in [3.63, 3.8) is 0 Å². The van der Waals surface area contributed by atoms with Crippen molar-refractivity contribution in [1.82, 2.24) is 0 Å². The molecule has 0 heterocycles. The quantitative estimate of drug-likeness (QED) is 0.811. The van der Waals surface area contributed by atoms with Crippen molar-refractivity contribution in [2.75, 3.05) is 18.1 Å². The van der Waals surface area contributed by atoms with Gasteiger partial charge < -0.3 is 11.1 Å². The van der Waals surface area contributed by atoms with Gasteiger partial charge in [0.1, 0.15) is 4.99 Å². The number of thiocarbonyl (C=S) groups is 1. The summed E-state index contributed by atoms with van der Waals surface area (Å²) in [6.45, 7) is 3.08. The van der Waals surface area contributed by atoms with Crippen LogP contribution in [0.1, 0.15) is 30.4 Å². The van der Waals surface area contributed by atoms with Crippen LogP contribution >= 0.6 is 24.0 Å². The lowest BCUT2D eigenvalue weighted by Crippen LogP contribution is -2.40. The first-order valence-electron chi connectivity index (χ1n) is 6.26. The Morgan fingerprint density at radius 2 is 2.22 bits per heavy atom. The first-order valence-corrected chi connectivity index (χ1v) is 7.89. The molecule has 0 bridgehead atoms. The van der Waals surface area contributed by atoms with Crippen LogP contribution in [0.4, 0.5) is 5.69 Å². The molecular weight excluding hydrogens is 260 g/mol. The van der Waals surface area contributed by atoms with Crippen molar-refractivity contribution >= 4 is 34.7 Å². The normalized spacial score (nSPS) is 17.0. The maximum absolute atomic E-state index is 5.77. The standard InChI is InChI=1S/C14H20N2S2/c1-10-4-5-11(13(15)17)12(8-10)16-9-14(18-2)6-3-7-14/h4-5,8,16H,3,6-7,9H2,1-2H3,(H2,15,17). The molecule has 2 nitrogen and oxygen atoms in total. The highest BCUT2D eigenvalue weighted by atomic mass is 32.2. The fraction of sp³-hybridized carbons (Fsp3) is 0.500. The fourth-order valence-corrected chi connectivity index (χ4v) is 3.39. The van der Waals surface area contributed by atoms with Crippen LogP contribution in [-0.4, -0.2) is 22.5 Å². The first-order chi connectivity index (χ1) is 8.56. The second kappa shape index (κ2) is 5.49. The van der Waals surface area contributed by atoms with Crippen LogP contribution in [0.25, 0.3) is 0 Å². The number of hydrogen-bond donors (Lipinski definition) is 2. The van der Waals surface area contributed by atoms with Gasteiger partial charge in [-0.1, -0.05) is 24.7 Å². The van der Waals surface area contributed by atoms with E-state index >= 15 is 0 Å². The Bertz CT molecular complexity index is 448. The van der Waals surface area contributed by atoms with Crippen molar-refractivity contribution in [3.05, 3.63) is 29.3 Å². The second-order valence-electron chi connectivity index (χ2n) is 5.01. The molecule has 98 valence electrons. The second-order valence-corrected chi connectivity index (χ2v) is 6.72. The van der Waals surface area contributed by atoms with E-state index in [1.165, 1.54) is 24.8 Å². The molecule has 18 heavy (non-hydrogen) atoms. The highest BCUT2D eigenvalue weighted by Crippen LogP contribution is 2.42. The van der Waals surface area contributed by atoms with Gasteiger partial charge in [-0.2, -0.15) is 11.8 Å². The third kappa shape index (κ3) is 2.81. The molecule has 0 aliphatic heterocycles. The Morgan fingerprint density at radius 1 is 1.50 bits per heavy atom. The predicted octanol–water partition coefficient (Wildman–Crippen LogP) is 3.33. The molecule has 1 saturated carbocycles. The Morgan fingerprint density at radius 3 is 2.72 bits per heavy atom. The molecule has 0 unspecified atom stereocenters. The van der Waals surface area contributed by atoms with E-state index in [1.807, 2.05) is 23.9 Å². The third-order valence-corrected chi connectivity index (χ3v) is 5.38. The van der Waals surface area contributed by atoms with Gasteiger partial charge in [-0.25, -0.2) is 0 Å². The molecule has 0 amide bonds. The molecule has 0 saturated heterocycles. The SMILES string of the molecule is CSC1(CNc2cc(C)ccc2C(N)=S)CCC1. The molecule has 2 rings (SSSR count). The van der Waals surface area contributed by atoms with Crippen LogP contribution in [0.3, 0.4) is 0 Å². The number of thioether (sulfide) groups is 1. The molecule has 1 aromatic rings. The summed E-state index contributed by atoms with van der Waals surface area (Å²) in [5.41, 5.74) is 9.02. The predicted molar refractivity (Wildman–Crippen MR) is 85.7 cm³/mol. The molecule has 1 aliphatic rings. The molecule has 1 aliphatic carbocycles. The van der Waals surface area contributed by atoms with Crippen LogP contribution in [0.15, 0.2) is 18.2 Å². The lowest BCUT2D eigenvalue weighted by molar-refractivity contribution is 0.380. The van der Waals surface area contributed by atoms with E-state index in [1.54, 1.807) is 0 Å². The zero-order valence-electron chi connectivity index (χ0n) is 11.0. The Hall–Kier alpha value is -0.740. The number of aryl methyl sites for hydroxylation is 1. The summed E-state index contributed by atoms with van der Waals surface area (Å²) in [6.07, 6.45) is 6.15. The van der Waals surface area contributed by atoms with Gasteiger partial charge in [0.15, 0.2) is 0 Å². The van der Waals surface area contributed by atoms with Crippen molar-refractivity contribution in [2.24, 2.45) is 5.73 Å². The van der Waals surface area contributed by atoms with Crippen molar-refractivity contribution in [3.8, 4) is 0 Å². The highest BCUT2D eigenvalue weighted by Gasteiger charge is 2.35. The summed E-state index contributed by atoms with van der Waals surface area (Å²) < 4.78 is 0.414. The molecular formula is C14H20N2S2. The Balaban J connectivity index is 2.12. The van der Waals surface area contributed by atoms with Gasteiger partial charge in [0.2, 0.25) is 0 Å². The van der Waals surface area contributed by atoms with E-state index in [9.17, 15) is 0 Å². The van der Waals surface area contributed by atoms with Crippen molar-refractivity contribution in [2.45, 2.75) is 30.9 Å². The number of benzene rings is 1. The molecule has 0 spiro atoms. The molecule has 4 heteroatoms. The van der Waals surface area contributed by atoms with Gasteiger partial charge in [-0.05, 0) is 43.7 Å².